The topological polar surface area (TPSA) is 64.5 Å². The number of ether oxygens (including phenoxy) is 2. The van der Waals surface area contributed by atoms with Crippen molar-refractivity contribution in [3.8, 4) is 17.1 Å². The number of nitrogens with zero attached hydrogens (tertiary/aromatic N) is 2. The van der Waals surface area contributed by atoms with Gasteiger partial charge in [0.05, 0.1) is 32.5 Å². The smallest absolute Gasteiger partial charge is 0.162 e. The molecule has 0 amide bonds. The van der Waals surface area contributed by atoms with Crippen LogP contribution < -0.4 is 4.74 Å². The Morgan fingerprint density at radius 2 is 1.78 bits per heavy atom. The Kier molecular flexibility index (Phi) is 8.97. The predicted octanol–water partition coefficient (Wildman–Crippen LogP) is 3.02. The average Bonchev–Trinajstić information content (AvgIpc) is 2.63. The maximum absolute atomic E-state index is 9.09. The average molecular weight is 314 g/mol. The van der Waals surface area contributed by atoms with Crippen molar-refractivity contribution in [3.63, 3.8) is 0 Å². The third-order valence-electron chi connectivity index (χ3n) is 2.72. The first-order chi connectivity index (χ1) is 11.3. The first-order valence-corrected chi connectivity index (χ1v) is 7.11. The van der Waals surface area contributed by atoms with Gasteiger partial charge in [-0.25, -0.2) is 9.97 Å². The van der Waals surface area contributed by atoms with Crippen LogP contribution in [-0.2, 0) is 11.3 Å². The van der Waals surface area contributed by atoms with Crippen LogP contribution in [0.1, 0.15) is 5.56 Å². The molecule has 1 heterocycles. The van der Waals surface area contributed by atoms with Crippen LogP contribution in [0.3, 0.4) is 0 Å². The fraction of sp³-hybridized carbons (Fsp3) is 0.222. The number of aliphatic hydroxyl groups excluding tert-OH is 1. The van der Waals surface area contributed by atoms with E-state index in [1.165, 1.54) is 0 Å². The summed E-state index contributed by atoms with van der Waals surface area (Å²) in [4.78, 5) is 8.32. The largest absolute Gasteiger partial charge is 0.496 e. The van der Waals surface area contributed by atoms with Gasteiger partial charge in [0.2, 0.25) is 0 Å². The van der Waals surface area contributed by atoms with E-state index in [1.807, 2.05) is 12.1 Å². The highest BCUT2D eigenvalue weighted by atomic mass is 16.5. The molecule has 0 aliphatic carbocycles. The van der Waals surface area contributed by atoms with Crippen LogP contribution in [0.15, 0.2) is 62.0 Å². The lowest BCUT2D eigenvalue weighted by atomic mass is 10.1. The van der Waals surface area contributed by atoms with Crippen molar-refractivity contribution in [2.45, 2.75) is 6.61 Å². The number of hydrogen-bond acceptors (Lipinski definition) is 5. The number of benzene rings is 1. The van der Waals surface area contributed by atoms with E-state index in [0.717, 1.165) is 11.1 Å². The van der Waals surface area contributed by atoms with Crippen molar-refractivity contribution in [3.05, 3.63) is 67.5 Å². The zero-order valence-corrected chi connectivity index (χ0v) is 13.3. The van der Waals surface area contributed by atoms with Gasteiger partial charge in [0.1, 0.15) is 5.75 Å². The van der Waals surface area contributed by atoms with Crippen LogP contribution in [0.4, 0.5) is 0 Å². The van der Waals surface area contributed by atoms with Gasteiger partial charge in [0.25, 0.3) is 0 Å². The molecular weight excluding hydrogens is 292 g/mol. The summed E-state index contributed by atoms with van der Waals surface area (Å²) in [6.07, 6.45) is 6.77. The fourth-order valence-corrected chi connectivity index (χ4v) is 1.70. The van der Waals surface area contributed by atoms with E-state index in [4.69, 9.17) is 14.6 Å². The summed E-state index contributed by atoms with van der Waals surface area (Å²) in [5, 5.41) is 9.09. The summed E-state index contributed by atoms with van der Waals surface area (Å²) in [5.41, 5.74) is 1.60. The van der Waals surface area contributed by atoms with Crippen molar-refractivity contribution in [2.24, 2.45) is 0 Å². The molecule has 1 aromatic carbocycles. The van der Waals surface area contributed by atoms with Gasteiger partial charge in [-0.05, 0) is 23.8 Å². The molecule has 0 saturated heterocycles. The van der Waals surface area contributed by atoms with E-state index >= 15 is 0 Å². The summed E-state index contributed by atoms with van der Waals surface area (Å²) in [6.45, 7) is 8.17. The molecule has 23 heavy (non-hydrogen) atoms. The molecule has 0 saturated carbocycles. The molecule has 0 fully saturated rings. The highest BCUT2D eigenvalue weighted by molar-refractivity contribution is 5.64. The highest BCUT2D eigenvalue weighted by Gasteiger charge is 2.08. The molecule has 0 radical (unpaired) electrons. The monoisotopic (exact) mass is 314 g/mol. The lowest BCUT2D eigenvalue weighted by Gasteiger charge is -2.08. The number of methoxy groups -OCH3 is 1. The minimum atomic E-state index is -0.0101. The SMILES string of the molecule is C=CCOCC=C.COc1ccc(CO)cc1-c1ncccn1. The predicted molar refractivity (Wildman–Crippen MR) is 91.2 cm³/mol. The van der Waals surface area contributed by atoms with Gasteiger partial charge in [-0.2, -0.15) is 0 Å². The van der Waals surface area contributed by atoms with Crippen LogP contribution in [0.2, 0.25) is 0 Å². The van der Waals surface area contributed by atoms with E-state index in [9.17, 15) is 0 Å². The normalized spacial score (nSPS) is 9.48. The maximum atomic E-state index is 9.09. The second-order valence-corrected chi connectivity index (χ2v) is 4.38. The molecule has 5 nitrogen and oxygen atoms in total. The summed E-state index contributed by atoms with van der Waals surface area (Å²) >= 11 is 0. The maximum Gasteiger partial charge on any atom is 0.162 e. The van der Waals surface area contributed by atoms with E-state index in [-0.39, 0.29) is 6.61 Å². The van der Waals surface area contributed by atoms with Crippen LogP contribution in [0.25, 0.3) is 11.4 Å². The van der Waals surface area contributed by atoms with Crippen molar-refractivity contribution in [1.82, 2.24) is 9.97 Å². The number of aliphatic hydroxyl groups is 1. The first kappa shape index (κ1) is 18.5. The molecule has 0 atom stereocenters. The molecule has 5 heteroatoms. The second-order valence-electron chi connectivity index (χ2n) is 4.38. The van der Waals surface area contributed by atoms with E-state index in [1.54, 1.807) is 43.8 Å². The van der Waals surface area contributed by atoms with Gasteiger partial charge in [0.15, 0.2) is 5.82 Å². The highest BCUT2D eigenvalue weighted by Crippen LogP contribution is 2.27. The fourth-order valence-electron chi connectivity index (χ4n) is 1.70. The standard InChI is InChI=1S/C12H12N2O2.C6H10O/c1-16-11-4-3-9(8-15)7-10(11)12-13-5-2-6-14-12;1-3-5-7-6-4-2/h2-7,15H,8H2,1H3;3-4H,1-2,5-6H2. The van der Waals surface area contributed by atoms with Crippen LogP contribution in [0.5, 0.6) is 5.75 Å². The van der Waals surface area contributed by atoms with Gasteiger partial charge >= 0.3 is 0 Å². The number of aromatic nitrogens is 2. The zero-order chi connectivity index (χ0) is 16.9. The summed E-state index contributed by atoms with van der Waals surface area (Å²) in [5.74, 6) is 1.29. The van der Waals surface area contributed by atoms with Crippen molar-refractivity contribution < 1.29 is 14.6 Å². The molecule has 122 valence electrons. The lowest BCUT2D eigenvalue weighted by Crippen LogP contribution is -1.94. The third-order valence-corrected chi connectivity index (χ3v) is 2.72. The Morgan fingerprint density at radius 1 is 1.13 bits per heavy atom. The van der Waals surface area contributed by atoms with E-state index in [0.29, 0.717) is 24.8 Å². The quantitative estimate of drug-likeness (QED) is 0.628. The van der Waals surface area contributed by atoms with E-state index < -0.39 is 0 Å². The minimum absolute atomic E-state index is 0.0101. The summed E-state index contributed by atoms with van der Waals surface area (Å²) < 4.78 is 10.1. The number of rotatable bonds is 7. The van der Waals surface area contributed by atoms with E-state index in [2.05, 4.69) is 23.1 Å². The van der Waals surface area contributed by atoms with Gasteiger partial charge in [-0.3, -0.25) is 0 Å². The molecule has 0 bridgehead atoms. The molecule has 1 aromatic heterocycles. The Morgan fingerprint density at radius 3 is 2.30 bits per heavy atom. The van der Waals surface area contributed by atoms with Gasteiger partial charge in [0, 0.05) is 12.4 Å². The summed E-state index contributed by atoms with van der Waals surface area (Å²) in [7, 11) is 1.60. The van der Waals surface area contributed by atoms with Crippen molar-refractivity contribution >= 4 is 0 Å². The molecule has 2 aromatic rings. The van der Waals surface area contributed by atoms with Crippen LogP contribution in [0, 0.1) is 0 Å². The second kappa shape index (κ2) is 11.1. The Bertz CT molecular complexity index is 592. The van der Waals surface area contributed by atoms with Gasteiger partial charge in [-0.15, -0.1) is 13.2 Å². The Labute approximate surface area is 136 Å². The lowest BCUT2D eigenvalue weighted by molar-refractivity contribution is 0.194. The molecule has 0 aliphatic heterocycles. The summed E-state index contributed by atoms with van der Waals surface area (Å²) in [6, 6.07) is 7.20. The third kappa shape index (κ3) is 6.42. The zero-order valence-electron chi connectivity index (χ0n) is 13.3. The molecule has 0 unspecified atom stereocenters. The Balaban J connectivity index is 0.000000322. The first-order valence-electron chi connectivity index (χ1n) is 7.11. The van der Waals surface area contributed by atoms with Gasteiger partial charge < -0.3 is 14.6 Å². The minimum Gasteiger partial charge on any atom is -0.496 e. The molecular formula is C18H22N2O3. The molecule has 2 rings (SSSR count). The molecule has 0 spiro atoms. The van der Waals surface area contributed by atoms with Crippen molar-refractivity contribution in [2.75, 3.05) is 20.3 Å². The van der Waals surface area contributed by atoms with Crippen LogP contribution in [-0.4, -0.2) is 35.4 Å². The van der Waals surface area contributed by atoms with Crippen molar-refractivity contribution in [1.29, 1.82) is 0 Å². The Hall–Kier alpha value is -2.50. The molecule has 1 N–H and O–H groups in total. The van der Waals surface area contributed by atoms with Crippen LogP contribution >= 0.6 is 0 Å². The van der Waals surface area contributed by atoms with Gasteiger partial charge in [-0.1, -0.05) is 18.2 Å². The molecule has 0 aliphatic rings. The number of hydrogen-bond donors (Lipinski definition) is 1.